The average Bonchev–Trinajstić information content (AvgIpc) is 2.52. The molecule has 122 valence electrons. The number of carbonyl (C=O) groups excluding carboxylic acids is 1. The van der Waals surface area contributed by atoms with Crippen molar-refractivity contribution in [3.05, 3.63) is 41.4 Å². The number of rotatable bonds is 7. The minimum Gasteiger partial charge on any atom is -0.483 e. The number of amides is 1. The fraction of sp³-hybridized carbons (Fsp3) is 0.294. The number of ether oxygens (including phenoxy) is 1. The van der Waals surface area contributed by atoms with E-state index in [4.69, 9.17) is 21.4 Å². The molecular formula is C17H18ClNO4. The van der Waals surface area contributed by atoms with Gasteiger partial charge < -0.3 is 15.2 Å². The zero-order valence-corrected chi connectivity index (χ0v) is 13.5. The van der Waals surface area contributed by atoms with Gasteiger partial charge in [-0.3, -0.25) is 9.59 Å². The standard InChI is InChI=1S/C17H18ClNO4/c1-11(8-17(21)22)9-19-16(20)10-23-15-7-6-14(18)12-4-2-3-5-13(12)15/h2-7,11H,8-10H2,1H3,(H,19,20)(H,21,22). The number of fused-ring (bicyclic) bond motifs is 1. The first-order valence-electron chi connectivity index (χ1n) is 7.26. The number of halogens is 1. The molecule has 1 atom stereocenters. The highest BCUT2D eigenvalue weighted by atomic mass is 35.5. The Kier molecular flexibility index (Phi) is 5.82. The van der Waals surface area contributed by atoms with Gasteiger partial charge in [0.25, 0.3) is 5.91 Å². The van der Waals surface area contributed by atoms with Crippen LogP contribution in [0.4, 0.5) is 0 Å². The van der Waals surface area contributed by atoms with Gasteiger partial charge in [0.15, 0.2) is 6.61 Å². The van der Waals surface area contributed by atoms with Gasteiger partial charge in [-0.2, -0.15) is 0 Å². The van der Waals surface area contributed by atoms with Crippen LogP contribution in [-0.4, -0.2) is 30.1 Å². The highest BCUT2D eigenvalue weighted by Gasteiger charge is 2.11. The molecule has 2 N–H and O–H groups in total. The van der Waals surface area contributed by atoms with Gasteiger partial charge in [-0.15, -0.1) is 0 Å². The molecule has 0 aliphatic heterocycles. The summed E-state index contributed by atoms with van der Waals surface area (Å²) in [5.74, 6) is -0.719. The van der Waals surface area contributed by atoms with Crippen LogP contribution in [0.25, 0.3) is 10.8 Å². The van der Waals surface area contributed by atoms with E-state index in [9.17, 15) is 9.59 Å². The molecule has 0 fully saturated rings. The molecule has 1 unspecified atom stereocenters. The van der Waals surface area contributed by atoms with E-state index in [1.165, 1.54) is 0 Å². The Morgan fingerprint density at radius 1 is 1.22 bits per heavy atom. The minimum atomic E-state index is -0.879. The highest BCUT2D eigenvalue weighted by molar-refractivity contribution is 6.35. The quantitative estimate of drug-likeness (QED) is 0.815. The Bertz CT molecular complexity index is 717. The zero-order chi connectivity index (χ0) is 16.8. The van der Waals surface area contributed by atoms with Gasteiger partial charge >= 0.3 is 5.97 Å². The maximum atomic E-state index is 11.8. The average molecular weight is 336 g/mol. The third-order valence-corrected chi connectivity index (χ3v) is 3.69. The number of carboxylic acids is 1. The van der Waals surface area contributed by atoms with Crippen molar-refractivity contribution in [2.75, 3.05) is 13.2 Å². The summed E-state index contributed by atoms with van der Waals surface area (Å²) in [7, 11) is 0. The lowest BCUT2D eigenvalue weighted by molar-refractivity contribution is -0.138. The number of benzene rings is 2. The van der Waals surface area contributed by atoms with Crippen molar-refractivity contribution in [3.8, 4) is 5.75 Å². The number of nitrogens with one attached hydrogen (secondary N) is 1. The zero-order valence-electron chi connectivity index (χ0n) is 12.7. The molecule has 2 aromatic rings. The Morgan fingerprint density at radius 2 is 1.91 bits per heavy atom. The lowest BCUT2D eigenvalue weighted by Gasteiger charge is -2.12. The molecule has 2 rings (SSSR count). The third kappa shape index (κ3) is 4.86. The summed E-state index contributed by atoms with van der Waals surface area (Å²) in [6.45, 7) is 1.93. The van der Waals surface area contributed by atoms with Gasteiger partial charge in [0, 0.05) is 28.8 Å². The summed E-state index contributed by atoms with van der Waals surface area (Å²) < 4.78 is 5.56. The van der Waals surface area contributed by atoms with Gasteiger partial charge in [0.1, 0.15) is 5.75 Å². The summed E-state index contributed by atoms with van der Waals surface area (Å²) >= 11 is 6.14. The van der Waals surface area contributed by atoms with Crippen molar-refractivity contribution >= 4 is 34.2 Å². The molecule has 0 aromatic heterocycles. The fourth-order valence-corrected chi connectivity index (χ4v) is 2.44. The van der Waals surface area contributed by atoms with Gasteiger partial charge in [0.05, 0.1) is 0 Å². The van der Waals surface area contributed by atoms with Crippen molar-refractivity contribution in [1.29, 1.82) is 0 Å². The lowest BCUT2D eigenvalue weighted by atomic mass is 10.1. The van der Waals surface area contributed by atoms with Crippen molar-refractivity contribution in [2.45, 2.75) is 13.3 Å². The molecule has 0 spiro atoms. The molecule has 6 heteroatoms. The van der Waals surface area contributed by atoms with E-state index in [0.717, 1.165) is 10.8 Å². The first kappa shape index (κ1) is 17.1. The van der Waals surface area contributed by atoms with Crippen LogP contribution in [0.1, 0.15) is 13.3 Å². The van der Waals surface area contributed by atoms with Crippen molar-refractivity contribution in [1.82, 2.24) is 5.32 Å². The fourth-order valence-electron chi connectivity index (χ4n) is 2.21. The predicted octanol–water partition coefficient (Wildman–Crippen LogP) is 3.10. The molecule has 0 saturated carbocycles. The van der Waals surface area contributed by atoms with Crippen LogP contribution in [-0.2, 0) is 9.59 Å². The molecular weight excluding hydrogens is 318 g/mol. The molecule has 0 saturated heterocycles. The van der Waals surface area contributed by atoms with Crippen molar-refractivity contribution in [3.63, 3.8) is 0 Å². The summed E-state index contributed by atoms with van der Waals surface area (Å²) in [5.41, 5.74) is 0. The molecule has 0 aliphatic carbocycles. The van der Waals surface area contributed by atoms with Crippen molar-refractivity contribution in [2.24, 2.45) is 5.92 Å². The van der Waals surface area contributed by atoms with Crippen LogP contribution in [0, 0.1) is 5.92 Å². The monoisotopic (exact) mass is 335 g/mol. The Hall–Kier alpha value is -2.27. The summed E-state index contributed by atoms with van der Waals surface area (Å²) in [6.07, 6.45) is 0.0168. The Labute approximate surface area is 139 Å². The van der Waals surface area contributed by atoms with E-state index in [1.807, 2.05) is 24.3 Å². The molecule has 1 amide bonds. The topological polar surface area (TPSA) is 75.6 Å². The Morgan fingerprint density at radius 3 is 2.61 bits per heavy atom. The third-order valence-electron chi connectivity index (χ3n) is 3.36. The second-order valence-corrected chi connectivity index (χ2v) is 5.79. The van der Waals surface area contributed by atoms with Gasteiger partial charge in [-0.25, -0.2) is 0 Å². The van der Waals surface area contributed by atoms with Gasteiger partial charge in [0.2, 0.25) is 0 Å². The molecule has 0 bridgehead atoms. The smallest absolute Gasteiger partial charge is 0.303 e. The number of aliphatic carboxylic acids is 1. The van der Waals surface area contributed by atoms with E-state index in [1.54, 1.807) is 19.1 Å². The van der Waals surface area contributed by atoms with Gasteiger partial charge in [-0.1, -0.05) is 42.8 Å². The number of hydrogen-bond donors (Lipinski definition) is 2. The van der Waals surface area contributed by atoms with Gasteiger partial charge in [-0.05, 0) is 18.1 Å². The van der Waals surface area contributed by atoms with E-state index >= 15 is 0 Å². The molecule has 0 radical (unpaired) electrons. The van der Waals surface area contributed by atoms with Crippen molar-refractivity contribution < 1.29 is 19.4 Å². The van der Waals surface area contributed by atoms with E-state index in [2.05, 4.69) is 5.32 Å². The Balaban J connectivity index is 1.92. The van der Waals surface area contributed by atoms with Crippen LogP contribution in [0.15, 0.2) is 36.4 Å². The summed E-state index contributed by atoms with van der Waals surface area (Å²) in [5, 5.41) is 13.7. The van der Waals surface area contributed by atoms with E-state index in [0.29, 0.717) is 17.3 Å². The lowest BCUT2D eigenvalue weighted by Crippen LogP contribution is -2.33. The normalized spacial score (nSPS) is 11.9. The second kappa shape index (κ2) is 7.83. The second-order valence-electron chi connectivity index (χ2n) is 5.39. The van der Waals surface area contributed by atoms with E-state index in [-0.39, 0.29) is 24.9 Å². The molecule has 5 nitrogen and oxygen atoms in total. The largest absolute Gasteiger partial charge is 0.483 e. The van der Waals surface area contributed by atoms with Crippen LogP contribution in [0.5, 0.6) is 5.75 Å². The van der Waals surface area contributed by atoms with Crippen LogP contribution in [0.3, 0.4) is 0 Å². The SMILES string of the molecule is CC(CNC(=O)COc1ccc(Cl)c2ccccc12)CC(=O)O. The maximum absolute atomic E-state index is 11.8. The molecule has 2 aromatic carbocycles. The maximum Gasteiger partial charge on any atom is 0.303 e. The molecule has 0 heterocycles. The van der Waals surface area contributed by atoms with Crippen LogP contribution >= 0.6 is 11.6 Å². The first-order chi connectivity index (χ1) is 11.0. The number of carbonyl (C=O) groups is 2. The predicted molar refractivity (Wildman–Crippen MR) is 88.9 cm³/mol. The van der Waals surface area contributed by atoms with E-state index < -0.39 is 5.97 Å². The minimum absolute atomic E-state index is 0.0168. The highest BCUT2D eigenvalue weighted by Crippen LogP contribution is 2.31. The summed E-state index contributed by atoms with van der Waals surface area (Å²) in [6, 6.07) is 11.0. The number of carboxylic acid groups (broad SMARTS) is 1. The summed E-state index contributed by atoms with van der Waals surface area (Å²) in [4.78, 5) is 22.4. The number of hydrogen-bond acceptors (Lipinski definition) is 3. The molecule has 23 heavy (non-hydrogen) atoms. The molecule has 0 aliphatic rings. The first-order valence-corrected chi connectivity index (χ1v) is 7.63. The van der Waals surface area contributed by atoms with Crippen LogP contribution < -0.4 is 10.1 Å². The van der Waals surface area contributed by atoms with Crippen LogP contribution in [0.2, 0.25) is 5.02 Å².